The molecule has 1 amide bonds. The largest absolute Gasteiger partial charge is 0.414 e. The van der Waals surface area contributed by atoms with Crippen LogP contribution in [0.15, 0.2) is 46.3 Å². The third kappa shape index (κ3) is 4.09. The second-order valence-corrected chi connectivity index (χ2v) is 4.96. The molecule has 0 unspecified atom stereocenters. The molecule has 6 nitrogen and oxygen atoms in total. The van der Waals surface area contributed by atoms with Gasteiger partial charge in [0.1, 0.15) is 12.4 Å². The average Bonchev–Trinajstić information content (AvgIpc) is 2.46. The number of para-hydroxylation sites is 1. The zero-order valence-electron chi connectivity index (χ0n) is 11.7. The summed E-state index contributed by atoms with van der Waals surface area (Å²) >= 11 is 1.34. The quantitative estimate of drug-likeness (QED) is 0.691. The van der Waals surface area contributed by atoms with E-state index in [2.05, 4.69) is 10.3 Å². The van der Waals surface area contributed by atoms with Crippen LogP contribution in [0.5, 0.6) is 5.75 Å². The van der Waals surface area contributed by atoms with Gasteiger partial charge in [0.2, 0.25) is 0 Å². The average molecular weight is 305 g/mol. The Bertz CT molecular complexity index is 686. The highest BCUT2D eigenvalue weighted by Crippen LogP contribution is 2.10. The van der Waals surface area contributed by atoms with Crippen molar-refractivity contribution in [2.24, 2.45) is 0 Å². The summed E-state index contributed by atoms with van der Waals surface area (Å²) in [5, 5.41) is 3.07. The summed E-state index contributed by atoms with van der Waals surface area (Å²) in [4.78, 5) is 27.8. The summed E-state index contributed by atoms with van der Waals surface area (Å²) < 4.78 is 6.46. The summed E-state index contributed by atoms with van der Waals surface area (Å²) in [5.74, 6) is 0.439. The lowest BCUT2D eigenvalue weighted by Crippen LogP contribution is -2.35. The van der Waals surface area contributed by atoms with Crippen molar-refractivity contribution in [2.75, 3.05) is 6.26 Å². The predicted molar refractivity (Wildman–Crippen MR) is 80.6 cm³/mol. The van der Waals surface area contributed by atoms with Gasteiger partial charge in [0, 0.05) is 11.8 Å². The zero-order chi connectivity index (χ0) is 15.2. The normalized spacial score (nSPS) is 10.2. The fourth-order valence-electron chi connectivity index (χ4n) is 1.67. The lowest BCUT2D eigenvalue weighted by Gasteiger charge is -2.11. The van der Waals surface area contributed by atoms with Gasteiger partial charge in [0.15, 0.2) is 5.16 Å². The summed E-state index contributed by atoms with van der Waals surface area (Å²) in [7, 11) is 0. The Morgan fingerprint density at radius 1 is 1.38 bits per heavy atom. The van der Waals surface area contributed by atoms with Crippen molar-refractivity contribution in [2.45, 2.75) is 18.7 Å². The SMILES string of the molecule is CSc1nc(C)cc(=O)n1CNC(=O)Oc1ccccc1. The first-order valence-corrected chi connectivity index (χ1v) is 7.46. The van der Waals surface area contributed by atoms with Crippen molar-refractivity contribution in [1.29, 1.82) is 0 Å². The molecule has 0 saturated carbocycles. The van der Waals surface area contributed by atoms with Gasteiger partial charge in [-0.25, -0.2) is 9.78 Å². The van der Waals surface area contributed by atoms with E-state index in [0.29, 0.717) is 16.6 Å². The van der Waals surface area contributed by atoms with Crippen LogP contribution in [0.1, 0.15) is 5.69 Å². The van der Waals surface area contributed by atoms with Gasteiger partial charge in [-0.2, -0.15) is 0 Å². The molecule has 1 N–H and O–H groups in total. The van der Waals surface area contributed by atoms with Crippen molar-refractivity contribution < 1.29 is 9.53 Å². The molecular weight excluding hydrogens is 290 g/mol. The van der Waals surface area contributed by atoms with Gasteiger partial charge in [-0.3, -0.25) is 9.36 Å². The molecule has 2 aromatic rings. The third-order valence-corrected chi connectivity index (χ3v) is 3.30. The zero-order valence-corrected chi connectivity index (χ0v) is 12.5. The molecule has 0 aliphatic heterocycles. The van der Waals surface area contributed by atoms with E-state index in [-0.39, 0.29) is 12.2 Å². The van der Waals surface area contributed by atoms with Crippen molar-refractivity contribution in [3.63, 3.8) is 0 Å². The first kappa shape index (κ1) is 15.1. The van der Waals surface area contributed by atoms with Gasteiger partial charge in [0.05, 0.1) is 0 Å². The van der Waals surface area contributed by atoms with E-state index >= 15 is 0 Å². The topological polar surface area (TPSA) is 73.2 Å². The molecule has 0 fully saturated rings. The van der Waals surface area contributed by atoms with Crippen LogP contribution in [0, 0.1) is 6.92 Å². The van der Waals surface area contributed by atoms with Crippen molar-refractivity contribution in [1.82, 2.24) is 14.9 Å². The maximum atomic E-state index is 11.9. The number of aryl methyl sites for hydroxylation is 1. The van der Waals surface area contributed by atoms with Gasteiger partial charge in [0.25, 0.3) is 5.56 Å². The number of hydrogen-bond acceptors (Lipinski definition) is 5. The van der Waals surface area contributed by atoms with Crippen LogP contribution >= 0.6 is 11.8 Å². The van der Waals surface area contributed by atoms with Gasteiger partial charge in [-0.15, -0.1) is 0 Å². The summed E-state index contributed by atoms with van der Waals surface area (Å²) in [6.45, 7) is 1.76. The predicted octanol–water partition coefficient (Wildman–Crippen LogP) is 2.02. The highest BCUT2D eigenvalue weighted by molar-refractivity contribution is 7.98. The minimum Gasteiger partial charge on any atom is -0.410 e. The van der Waals surface area contributed by atoms with Gasteiger partial charge in [-0.05, 0) is 25.3 Å². The van der Waals surface area contributed by atoms with Crippen molar-refractivity contribution >= 4 is 17.9 Å². The minimum absolute atomic E-state index is 0.00789. The van der Waals surface area contributed by atoms with E-state index in [0.717, 1.165) is 0 Å². The Balaban J connectivity index is 2.03. The van der Waals surface area contributed by atoms with E-state index in [1.54, 1.807) is 31.2 Å². The van der Waals surface area contributed by atoms with Crippen LogP contribution < -0.4 is 15.6 Å². The Kier molecular flexibility index (Phi) is 4.99. The maximum Gasteiger partial charge on any atom is 0.414 e. The molecule has 0 saturated heterocycles. The third-order valence-electron chi connectivity index (χ3n) is 2.62. The molecule has 7 heteroatoms. The number of ether oxygens (including phenoxy) is 1. The van der Waals surface area contributed by atoms with Gasteiger partial charge in [-0.1, -0.05) is 30.0 Å². The first-order chi connectivity index (χ1) is 10.1. The lowest BCUT2D eigenvalue weighted by atomic mass is 10.3. The molecule has 0 atom stereocenters. The first-order valence-electron chi connectivity index (χ1n) is 6.23. The van der Waals surface area contributed by atoms with Gasteiger partial charge < -0.3 is 10.1 Å². The van der Waals surface area contributed by atoms with E-state index < -0.39 is 6.09 Å². The molecule has 1 aromatic carbocycles. The van der Waals surface area contributed by atoms with Crippen molar-refractivity contribution in [3.05, 3.63) is 52.4 Å². The van der Waals surface area contributed by atoms with Gasteiger partial charge >= 0.3 is 6.09 Å². The Morgan fingerprint density at radius 2 is 2.10 bits per heavy atom. The number of thioether (sulfide) groups is 1. The fraction of sp³-hybridized carbons (Fsp3) is 0.214. The van der Waals surface area contributed by atoms with Crippen LogP contribution in [0.4, 0.5) is 4.79 Å². The number of nitrogens with one attached hydrogen (secondary N) is 1. The number of carbonyl (C=O) groups is 1. The summed E-state index contributed by atoms with van der Waals surface area (Å²) in [6.07, 6.45) is 1.20. The molecule has 0 bridgehead atoms. The molecule has 0 radical (unpaired) electrons. The van der Waals surface area contributed by atoms with Crippen LogP contribution in [-0.2, 0) is 6.67 Å². The minimum atomic E-state index is -0.624. The standard InChI is InChI=1S/C14H15N3O3S/c1-10-8-12(18)17(13(16-10)21-2)9-15-14(19)20-11-6-4-3-5-7-11/h3-8H,9H2,1-2H3,(H,15,19). The number of benzene rings is 1. The smallest absolute Gasteiger partial charge is 0.410 e. The van der Waals surface area contributed by atoms with E-state index in [1.807, 2.05) is 12.3 Å². The Hall–Kier alpha value is -2.28. The number of aromatic nitrogens is 2. The lowest BCUT2D eigenvalue weighted by molar-refractivity contribution is 0.196. The molecule has 1 heterocycles. The molecule has 110 valence electrons. The van der Waals surface area contributed by atoms with E-state index in [9.17, 15) is 9.59 Å². The Morgan fingerprint density at radius 3 is 2.76 bits per heavy atom. The highest BCUT2D eigenvalue weighted by Gasteiger charge is 2.08. The fourth-order valence-corrected chi connectivity index (χ4v) is 2.28. The van der Waals surface area contributed by atoms with E-state index in [1.165, 1.54) is 22.4 Å². The number of nitrogens with zero attached hydrogens (tertiary/aromatic N) is 2. The van der Waals surface area contributed by atoms with Crippen molar-refractivity contribution in [3.8, 4) is 5.75 Å². The molecule has 21 heavy (non-hydrogen) atoms. The number of rotatable bonds is 4. The number of carbonyl (C=O) groups excluding carboxylic acids is 1. The highest BCUT2D eigenvalue weighted by atomic mass is 32.2. The van der Waals surface area contributed by atoms with Crippen LogP contribution in [0.25, 0.3) is 0 Å². The second-order valence-electron chi connectivity index (χ2n) is 4.19. The molecule has 0 spiro atoms. The van der Waals surface area contributed by atoms with Crippen LogP contribution in [-0.4, -0.2) is 21.9 Å². The van der Waals surface area contributed by atoms with Crippen LogP contribution in [0.3, 0.4) is 0 Å². The number of amides is 1. The second kappa shape index (κ2) is 6.94. The summed E-state index contributed by atoms with van der Waals surface area (Å²) in [5.41, 5.74) is 0.430. The Labute approximate surface area is 126 Å². The summed E-state index contributed by atoms with van der Waals surface area (Å²) in [6, 6.07) is 10.1. The maximum absolute atomic E-state index is 11.9. The molecule has 2 rings (SSSR count). The molecule has 1 aromatic heterocycles. The van der Waals surface area contributed by atoms with Crippen LogP contribution in [0.2, 0.25) is 0 Å². The van der Waals surface area contributed by atoms with E-state index in [4.69, 9.17) is 4.74 Å². The molecular formula is C14H15N3O3S. The number of hydrogen-bond donors (Lipinski definition) is 1. The monoisotopic (exact) mass is 305 g/mol. The molecule has 0 aliphatic carbocycles. The molecule has 0 aliphatic rings.